The van der Waals surface area contributed by atoms with Crippen LogP contribution in [0.1, 0.15) is 18.4 Å². The lowest BCUT2D eigenvalue weighted by Crippen LogP contribution is -2.58. The summed E-state index contributed by atoms with van der Waals surface area (Å²) >= 11 is 0. The summed E-state index contributed by atoms with van der Waals surface area (Å²) in [6.07, 6.45) is 1.95. The van der Waals surface area contributed by atoms with Crippen molar-refractivity contribution in [3.8, 4) is 0 Å². The molecule has 1 amide bonds. The minimum atomic E-state index is -0.823. The Balaban J connectivity index is 1.69. The Morgan fingerprint density at radius 3 is 2.62 bits per heavy atom. The summed E-state index contributed by atoms with van der Waals surface area (Å²) in [4.78, 5) is 14.5. The largest absolute Gasteiger partial charge is 0.393 e. The molecule has 2 heterocycles. The average molecular weight is 337 g/mol. The van der Waals surface area contributed by atoms with Gasteiger partial charge in [0.2, 0.25) is 5.91 Å². The highest BCUT2D eigenvalue weighted by atomic mass is 19.1. The smallest absolute Gasteiger partial charge is 0.226 e. The van der Waals surface area contributed by atoms with Crippen molar-refractivity contribution in [2.75, 3.05) is 39.5 Å². The van der Waals surface area contributed by atoms with Gasteiger partial charge in [0.1, 0.15) is 11.4 Å². The molecule has 1 aromatic carbocycles. The van der Waals surface area contributed by atoms with Crippen LogP contribution < -0.4 is 0 Å². The van der Waals surface area contributed by atoms with Gasteiger partial charge in [0.15, 0.2) is 0 Å². The first-order chi connectivity index (χ1) is 11.6. The minimum absolute atomic E-state index is 0.000867. The molecule has 2 fully saturated rings. The Labute approximate surface area is 141 Å². The van der Waals surface area contributed by atoms with Gasteiger partial charge in [0.25, 0.3) is 0 Å². The fourth-order valence-electron chi connectivity index (χ4n) is 3.47. The molecule has 2 aliphatic heterocycles. The number of carbonyl (C=O) groups excluding carboxylic acids is 1. The molecule has 0 saturated carbocycles. The van der Waals surface area contributed by atoms with E-state index < -0.39 is 5.60 Å². The fourth-order valence-corrected chi connectivity index (χ4v) is 3.47. The number of morpholine rings is 1. The van der Waals surface area contributed by atoms with E-state index in [-0.39, 0.29) is 24.2 Å². The average Bonchev–Trinajstić information content (AvgIpc) is 2.64. The maximum absolute atomic E-state index is 13.1. The molecule has 1 N–H and O–H groups in total. The second kappa shape index (κ2) is 7.59. The topological polar surface area (TPSA) is 59.0 Å². The highest BCUT2D eigenvalue weighted by molar-refractivity contribution is 5.79. The molecule has 5 nitrogen and oxygen atoms in total. The molecule has 0 unspecified atom stereocenters. The van der Waals surface area contributed by atoms with Gasteiger partial charge in [-0.25, -0.2) is 4.39 Å². The molecule has 2 saturated heterocycles. The minimum Gasteiger partial charge on any atom is -0.393 e. The molecular weight excluding hydrogens is 313 g/mol. The molecule has 0 aromatic heterocycles. The van der Waals surface area contributed by atoms with E-state index in [9.17, 15) is 14.3 Å². The molecule has 3 rings (SSSR count). The summed E-state index contributed by atoms with van der Waals surface area (Å²) in [7, 11) is 0. The molecule has 0 spiro atoms. The molecule has 0 aliphatic carbocycles. The van der Waals surface area contributed by atoms with Crippen LogP contribution in [0.5, 0.6) is 0 Å². The number of nitrogens with zero attached hydrogens (tertiary/aromatic N) is 1. The molecule has 2 aliphatic rings. The lowest BCUT2D eigenvalue weighted by molar-refractivity contribution is -0.163. The first-order valence-electron chi connectivity index (χ1n) is 8.48. The van der Waals surface area contributed by atoms with Crippen LogP contribution in [-0.4, -0.2) is 61.0 Å². The summed E-state index contributed by atoms with van der Waals surface area (Å²) in [6.45, 7) is 2.38. The fraction of sp³-hybridized carbons (Fsp3) is 0.611. The molecule has 1 aromatic rings. The molecule has 0 bridgehead atoms. The Morgan fingerprint density at radius 1 is 1.25 bits per heavy atom. The van der Waals surface area contributed by atoms with Crippen LogP contribution in [0, 0.1) is 11.7 Å². The first-order valence-corrected chi connectivity index (χ1v) is 8.48. The van der Waals surface area contributed by atoms with E-state index in [1.807, 2.05) is 0 Å². The highest BCUT2D eigenvalue weighted by Gasteiger charge is 2.39. The number of hydrogen-bond donors (Lipinski definition) is 1. The van der Waals surface area contributed by atoms with Crippen LogP contribution in [0.15, 0.2) is 24.3 Å². The number of ether oxygens (including phenoxy) is 2. The number of amides is 1. The van der Waals surface area contributed by atoms with Gasteiger partial charge in [-0.05, 0) is 30.5 Å². The second-order valence-corrected chi connectivity index (χ2v) is 6.64. The van der Waals surface area contributed by atoms with Crippen LogP contribution in [0.25, 0.3) is 0 Å². The lowest BCUT2D eigenvalue weighted by atomic mass is 9.91. The van der Waals surface area contributed by atoms with E-state index in [0.717, 1.165) is 18.4 Å². The zero-order chi connectivity index (χ0) is 17.0. The van der Waals surface area contributed by atoms with Crippen LogP contribution >= 0.6 is 0 Å². The zero-order valence-electron chi connectivity index (χ0n) is 13.7. The third kappa shape index (κ3) is 3.94. The van der Waals surface area contributed by atoms with E-state index in [1.54, 1.807) is 17.0 Å². The summed E-state index contributed by atoms with van der Waals surface area (Å²) in [5.41, 5.74) is 0.0579. The monoisotopic (exact) mass is 337 g/mol. The molecule has 0 radical (unpaired) electrons. The van der Waals surface area contributed by atoms with E-state index in [2.05, 4.69) is 0 Å². The lowest BCUT2D eigenvalue weighted by Gasteiger charge is -2.43. The van der Waals surface area contributed by atoms with Crippen LogP contribution in [0.4, 0.5) is 4.39 Å². The van der Waals surface area contributed by atoms with Gasteiger partial charge in [0, 0.05) is 32.1 Å². The van der Waals surface area contributed by atoms with Gasteiger partial charge >= 0.3 is 0 Å². The molecule has 132 valence electrons. The Bertz CT molecular complexity index is 559. The number of carbonyl (C=O) groups is 1. The number of rotatable bonds is 4. The third-order valence-electron chi connectivity index (χ3n) is 4.86. The quantitative estimate of drug-likeness (QED) is 0.902. The summed E-state index contributed by atoms with van der Waals surface area (Å²) in [5.74, 6) is -0.171. The van der Waals surface area contributed by atoms with Crippen molar-refractivity contribution in [2.24, 2.45) is 5.92 Å². The van der Waals surface area contributed by atoms with Gasteiger partial charge in [-0.3, -0.25) is 4.79 Å². The normalized spacial score (nSPS) is 25.7. The van der Waals surface area contributed by atoms with Crippen molar-refractivity contribution in [3.63, 3.8) is 0 Å². The van der Waals surface area contributed by atoms with E-state index in [1.165, 1.54) is 12.1 Å². The summed E-state index contributed by atoms with van der Waals surface area (Å²) in [5, 5.41) is 9.91. The number of aliphatic hydroxyl groups excluding tert-OH is 1. The predicted molar refractivity (Wildman–Crippen MR) is 86.0 cm³/mol. The van der Waals surface area contributed by atoms with Crippen molar-refractivity contribution in [2.45, 2.75) is 24.9 Å². The maximum atomic E-state index is 13.1. The van der Waals surface area contributed by atoms with Gasteiger partial charge in [-0.1, -0.05) is 12.1 Å². The first kappa shape index (κ1) is 17.3. The third-order valence-corrected chi connectivity index (χ3v) is 4.86. The van der Waals surface area contributed by atoms with Crippen LogP contribution in [0.2, 0.25) is 0 Å². The number of hydrogen-bond acceptors (Lipinski definition) is 4. The van der Waals surface area contributed by atoms with Gasteiger partial charge < -0.3 is 19.5 Å². The zero-order valence-corrected chi connectivity index (χ0v) is 13.7. The van der Waals surface area contributed by atoms with Crippen molar-refractivity contribution in [1.29, 1.82) is 0 Å². The van der Waals surface area contributed by atoms with E-state index >= 15 is 0 Å². The van der Waals surface area contributed by atoms with E-state index in [0.29, 0.717) is 39.3 Å². The summed E-state index contributed by atoms with van der Waals surface area (Å²) < 4.78 is 24.2. The Morgan fingerprint density at radius 2 is 1.96 bits per heavy atom. The van der Waals surface area contributed by atoms with Gasteiger partial charge in [-0.15, -0.1) is 0 Å². The maximum Gasteiger partial charge on any atom is 0.226 e. The van der Waals surface area contributed by atoms with Crippen LogP contribution in [0.3, 0.4) is 0 Å². The second-order valence-electron chi connectivity index (χ2n) is 6.64. The van der Waals surface area contributed by atoms with Gasteiger partial charge in [0.05, 0.1) is 19.8 Å². The standard InChI is InChI=1S/C18H24FNO4/c19-16-3-1-14(2-4-16)11-18(13-21)12-20(7-10-24-18)17(22)15-5-8-23-9-6-15/h1-4,15,21H,5-13H2/t18-/m0/s1. The van der Waals surface area contributed by atoms with Crippen molar-refractivity contribution < 1.29 is 23.8 Å². The Hall–Kier alpha value is -1.50. The van der Waals surface area contributed by atoms with E-state index in [4.69, 9.17) is 9.47 Å². The highest BCUT2D eigenvalue weighted by Crippen LogP contribution is 2.26. The number of aliphatic hydroxyl groups is 1. The SMILES string of the molecule is O=C(C1CCOCC1)N1CCO[C@@](CO)(Cc2ccc(F)cc2)C1. The van der Waals surface area contributed by atoms with Crippen molar-refractivity contribution >= 4 is 5.91 Å². The Kier molecular flexibility index (Phi) is 5.48. The summed E-state index contributed by atoms with van der Waals surface area (Å²) in [6, 6.07) is 6.17. The molecule has 24 heavy (non-hydrogen) atoms. The van der Waals surface area contributed by atoms with Gasteiger partial charge in [-0.2, -0.15) is 0 Å². The number of benzene rings is 1. The number of halogens is 1. The van der Waals surface area contributed by atoms with Crippen LogP contribution in [-0.2, 0) is 20.7 Å². The molecule has 1 atom stereocenters. The molecule has 6 heteroatoms. The predicted octanol–water partition coefficient (Wildman–Crippen LogP) is 1.38. The van der Waals surface area contributed by atoms with Crippen molar-refractivity contribution in [3.05, 3.63) is 35.6 Å². The molecular formula is C18H24FNO4. The van der Waals surface area contributed by atoms with Crippen molar-refractivity contribution in [1.82, 2.24) is 4.90 Å².